The number of benzene rings is 3. The first-order chi connectivity index (χ1) is 23.7. The van der Waals surface area contributed by atoms with Gasteiger partial charge in [0.15, 0.2) is 0 Å². The first kappa shape index (κ1) is 36.5. The largest absolute Gasteiger partial charge is 0.497 e. The number of methoxy groups -OCH3 is 1. The fraction of sp³-hybridized carbons (Fsp3) is 0.400. The summed E-state index contributed by atoms with van der Waals surface area (Å²) < 4.78 is 91.8. The molecule has 0 aromatic heterocycles. The molecule has 0 bridgehead atoms. The molecule has 3 unspecified atom stereocenters. The van der Waals surface area contributed by atoms with Crippen LogP contribution < -0.4 is 10.5 Å². The fourth-order valence-electron chi connectivity index (χ4n) is 6.44. The number of piperazine rings is 1. The molecule has 5 rings (SSSR count). The number of alkyl halides is 6. The molecule has 2 aliphatic rings. The number of amides is 3. The van der Waals surface area contributed by atoms with E-state index in [1.54, 1.807) is 54.6 Å². The van der Waals surface area contributed by atoms with E-state index in [1.807, 2.05) is 0 Å². The predicted octanol–water partition coefficient (Wildman–Crippen LogP) is 5.99. The standard InChI is InChI=1S/C35H36F6N4O5/c1-49-28-11-9-23(10-12-28)19-43-20-30-44(33(48)50-21-24-14-25(34(36,37)38)17-26(15-24)35(39,40)41)27(16-22-6-3-2-4-7-22)18-31(46)45(30)29(32(43)47)8-5-13-42/h2-4,6-7,9-12,14-15,17,27,29-30H,5,8,13,16,18-21,42H2,1H3. The summed E-state index contributed by atoms with van der Waals surface area (Å²) in [6, 6.07) is 15.1. The first-order valence-electron chi connectivity index (χ1n) is 15.9. The molecule has 3 atom stereocenters. The first-order valence-corrected chi connectivity index (χ1v) is 15.9. The maximum absolute atomic E-state index is 14.0. The van der Waals surface area contributed by atoms with Crippen molar-refractivity contribution in [2.45, 2.75) is 69.4 Å². The zero-order valence-corrected chi connectivity index (χ0v) is 27.0. The molecule has 50 heavy (non-hydrogen) atoms. The van der Waals surface area contributed by atoms with Gasteiger partial charge in [-0.15, -0.1) is 0 Å². The van der Waals surface area contributed by atoms with Crippen LogP contribution in [-0.4, -0.2) is 71.1 Å². The zero-order valence-electron chi connectivity index (χ0n) is 27.0. The number of fused-ring (bicyclic) bond motifs is 1. The van der Waals surface area contributed by atoms with Crippen molar-refractivity contribution in [3.8, 4) is 5.75 Å². The number of nitrogens with two attached hydrogens (primary N) is 1. The number of carbonyl (C=O) groups excluding carboxylic acids is 3. The molecule has 9 nitrogen and oxygen atoms in total. The Morgan fingerprint density at radius 2 is 1.52 bits per heavy atom. The van der Waals surface area contributed by atoms with Gasteiger partial charge in [0, 0.05) is 19.0 Å². The summed E-state index contributed by atoms with van der Waals surface area (Å²) in [5.41, 5.74) is 3.67. The van der Waals surface area contributed by atoms with E-state index >= 15 is 0 Å². The number of hydrogen-bond acceptors (Lipinski definition) is 6. The van der Waals surface area contributed by atoms with Crippen LogP contribution in [0.4, 0.5) is 31.1 Å². The number of nitrogens with zero attached hydrogens (tertiary/aromatic N) is 3. The second kappa shape index (κ2) is 15.0. The minimum absolute atomic E-state index is 0.00669. The molecule has 3 aromatic rings. The molecular weight excluding hydrogens is 670 g/mol. The molecule has 0 spiro atoms. The van der Waals surface area contributed by atoms with E-state index in [2.05, 4.69) is 0 Å². The smallest absolute Gasteiger partial charge is 0.416 e. The highest BCUT2D eigenvalue weighted by atomic mass is 19.4. The van der Waals surface area contributed by atoms with Crippen molar-refractivity contribution in [2.75, 3.05) is 20.2 Å². The third-order valence-electron chi connectivity index (χ3n) is 8.80. The van der Waals surface area contributed by atoms with E-state index in [1.165, 1.54) is 21.8 Å². The average molecular weight is 707 g/mol. The molecule has 2 heterocycles. The van der Waals surface area contributed by atoms with Gasteiger partial charge in [0.2, 0.25) is 11.8 Å². The van der Waals surface area contributed by atoms with Crippen LogP contribution in [0, 0.1) is 0 Å². The molecule has 3 amide bonds. The molecule has 0 saturated carbocycles. The zero-order chi connectivity index (χ0) is 36.2. The summed E-state index contributed by atoms with van der Waals surface area (Å²) >= 11 is 0. The Bertz CT molecular complexity index is 1640. The van der Waals surface area contributed by atoms with Crippen molar-refractivity contribution in [3.05, 3.63) is 101 Å². The Hall–Kier alpha value is -4.79. The maximum Gasteiger partial charge on any atom is 0.416 e. The Morgan fingerprint density at radius 1 is 0.880 bits per heavy atom. The third-order valence-corrected chi connectivity index (χ3v) is 8.80. The third kappa shape index (κ3) is 8.32. The number of ether oxygens (including phenoxy) is 2. The van der Waals surface area contributed by atoms with Gasteiger partial charge in [-0.2, -0.15) is 26.3 Å². The van der Waals surface area contributed by atoms with Crippen LogP contribution >= 0.6 is 0 Å². The average Bonchev–Trinajstić information content (AvgIpc) is 3.07. The number of hydrogen-bond donors (Lipinski definition) is 1. The minimum Gasteiger partial charge on any atom is -0.497 e. The van der Waals surface area contributed by atoms with Crippen molar-refractivity contribution in [2.24, 2.45) is 5.73 Å². The van der Waals surface area contributed by atoms with Gasteiger partial charge in [-0.3, -0.25) is 14.5 Å². The van der Waals surface area contributed by atoms with Gasteiger partial charge in [0.1, 0.15) is 24.6 Å². The lowest BCUT2D eigenvalue weighted by Crippen LogP contribution is -2.73. The number of halogens is 6. The van der Waals surface area contributed by atoms with E-state index in [-0.39, 0.29) is 56.8 Å². The van der Waals surface area contributed by atoms with E-state index < -0.39 is 60.0 Å². The quantitative estimate of drug-likeness (QED) is 0.260. The summed E-state index contributed by atoms with van der Waals surface area (Å²) in [6.45, 7) is -0.685. The highest BCUT2D eigenvalue weighted by molar-refractivity contribution is 5.91. The Balaban J connectivity index is 1.50. The second-order valence-corrected chi connectivity index (χ2v) is 12.2. The van der Waals surface area contributed by atoms with E-state index in [4.69, 9.17) is 15.2 Å². The predicted molar refractivity (Wildman–Crippen MR) is 168 cm³/mol. The van der Waals surface area contributed by atoms with Crippen molar-refractivity contribution >= 4 is 17.9 Å². The molecule has 0 radical (unpaired) electrons. The van der Waals surface area contributed by atoms with Gasteiger partial charge in [-0.05, 0) is 72.8 Å². The summed E-state index contributed by atoms with van der Waals surface area (Å²) in [6.07, 6.45) is -11.7. The minimum atomic E-state index is -5.09. The molecule has 2 fully saturated rings. The Kier molecular flexibility index (Phi) is 10.9. The highest BCUT2D eigenvalue weighted by Crippen LogP contribution is 2.37. The van der Waals surface area contributed by atoms with E-state index in [9.17, 15) is 40.7 Å². The van der Waals surface area contributed by atoms with Gasteiger partial charge < -0.3 is 25.0 Å². The summed E-state index contributed by atoms with van der Waals surface area (Å²) in [5, 5.41) is 0. The van der Waals surface area contributed by atoms with Crippen LogP contribution in [-0.2, 0) is 46.3 Å². The fourth-order valence-corrected chi connectivity index (χ4v) is 6.44. The van der Waals surface area contributed by atoms with Crippen LogP contribution in [0.3, 0.4) is 0 Å². The molecule has 268 valence electrons. The van der Waals surface area contributed by atoms with Gasteiger partial charge >= 0.3 is 18.4 Å². The Morgan fingerprint density at radius 3 is 2.10 bits per heavy atom. The van der Waals surface area contributed by atoms with Crippen molar-refractivity contribution < 1.29 is 50.2 Å². The van der Waals surface area contributed by atoms with Crippen molar-refractivity contribution in [3.63, 3.8) is 0 Å². The lowest BCUT2D eigenvalue weighted by atomic mass is 9.93. The van der Waals surface area contributed by atoms with Crippen LogP contribution in [0.1, 0.15) is 47.1 Å². The molecule has 15 heteroatoms. The van der Waals surface area contributed by atoms with Crippen molar-refractivity contribution in [1.82, 2.24) is 14.7 Å². The summed E-state index contributed by atoms with van der Waals surface area (Å²) in [7, 11) is 1.52. The molecular formula is C35H36F6N4O5. The van der Waals surface area contributed by atoms with Gasteiger partial charge in [0.05, 0.1) is 24.8 Å². The van der Waals surface area contributed by atoms with Gasteiger partial charge in [0.25, 0.3) is 0 Å². The van der Waals surface area contributed by atoms with Crippen LogP contribution in [0.15, 0.2) is 72.8 Å². The SMILES string of the molecule is COc1ccc(CN2CC3N(C(=O)OCc4cc(C(F)(F)F)cc(C(F)(F)F)c4)C(Cc4ccccc4)CC(=O)N3C(CCCN)C2=O)cc1. The molecule has 3 aromatic carbocycles. The topological polar surface area (TPSA) is 105 Å². The maximum atomic E-state index is 14.0. The highest BCUT2D eigenvalue weighted by Gasteiger charge is 2.52. The van der Waals surface area contributed by atoms with Crippen LogP contribution in [0.25, 0.3) is 0 Å². The van der Waals surface area contributed by atoms with Crippen LogP contribution in [0.5, 0.6) is 5.75 Å². The Labute approximate surface area is 284 Å². The molecule has 0 aliphatic carbocycles. The summed E-state index contributed by atoms with van der Waals surface area (Å²) in [4.78, 5) is 45.9. The molecule has 2 saturated heterocycles. The van der Waals surface area contributed by atoms with E-state index in [0.717, 1.165) is 11.1 Å². The van der Waals surface area contributed by atoms with E-state index in [0.29, 0.717) is 24.3 Å². The number of carbonyl (C=O) groups is 3. The molecule has 2 N–H and O–H groups in total. The lowest BCUT2D eigenvalue weighted by molar-refractivity contribution is -0.172. The summed E-state index contributed by atoms with van der Waals surface area (Å²) in [5.74, 6) is -0.131. The number of rotatable bonds is 10. The monoisotopic (exact) mass is 706 g/mol. The second-order valence-electron chi connectivity index (χ2n) is 12.2. The lowest BCUT2D eigenvalue weighted by Gasteiger charge is -2.54. The van der Waals surface area contributed by atoms with Gasteiger partial charge in [-0.1, -0.05) is 42.5 Å². The molecule has 2 aliphatic heterocycles. The normalized spacial score (nSPS) is 19.8. The van der Waals surface area contributed by atoms with Crippen molar-refractivity contribution in [1.29, 1.82) is 0 Å². The van der Waals surface area contributed by atoms with Gasteiger partial charge in [-0.25, -0.2) is 4.79 Å². The van der Waals surface area contributed by atoms with Crippen LogP contribution in [0.2, 0.25) is 0 Å².